The quantitative estimate of drug-likeness (QED) is 0.745. The Morgan fingerprint density at radius 3 is 2.68 bits per heavy atom. The molecule has 1 aliphatic rings. The minimum atomic E-state index is -0.890. The van der Waals surface area contributed by atoms with Gasteiger partial charge < -0.3 is 14.6 Å². The number of fused-ring (bicyclic) bond motifs is 1. The van der Waals surface area contributed by atoms with Gasteiger partial charge in [-0.15, -0.1) is 0 Å². The van der Waals surface area contributed by atoms with Gasteiger partial charge >= 0.3 is 5.97 Å². The molecular weight excluding hydrogens is 320 g/mol. The summed E-state index contributed by atoms with van der Waals surface area (Å²) < 4.78 is 10.5. The number of esters is 1. The molecule has 124 valence electrons. The van der Waals surface area contributed by atoms with Gasteiger partial charge in [-0.1, -0.05) is 53.7 Å². The third-order valence-corrected chi connectivity index (χ3v) is 4.00. The maximum absolute atomic E-state index is 12.4. The number of carbonyl (C=O) groups excluding carboxylic acids is 2. The molecule has 0 aliphatic carbocycles. The van der Waals surface area contributed by atoms with Gasteiger partial charge in [-0.2, -0.15) is 0 Å². The number of amides is 1. The molecule has 3 aromatic rings. The standard InChI is InChI=1S/C19H14N2O4/c22-18(16-10-13-8-4-5-9-14(13)19(23)24-16)20-17-11-15(25-21-17)12-6-2-1-3-7-12/h1-9,11,16H,10H2,(H,20,21,22)/t16-/m1/s1. The molecule has 1 aromatic heterocycles. The van der Waals surface area contributed by atoms with Gasteiger partial charge in [0.1, 0.15) is 0 Å². The highest BCUT2D eigenvalue weighted by molar-refractivity contribution is 5.99. The lowest BCUT2D eigenvalue weighted by Crippen LogP contribution is -2.38. The average molecular weight is 334 g/mol. The summed E-state index contributed by atoms with van der Waals surface area (Å²) in [5.41, 5.74) is 2.15. The van der Waals surface area contributed by atoms with E-state index < -0.39 is 18.0 Å². The summed E-state index contributed by atoms with van der Waals surface area (Å²) in [5, 5.41) is 6.48. The summed E-state index contributed by atoms with van der Waals surface area (Å²) in [5.74, 6) is -0.108. The summed E-state index contributed by atoms with van der Waals surface area (Å²) in [6.07, 6.45) is -0.559. The van der Waals surface area contributed by atoms with Gasteiger partial charge in [-0.25, -0.2) is 4.79 Å². The number of rotatable bonds is 3. The van der Waals surface area contributed by atoms with Crippen molar-refractivity contribution in [2.24, 2.45) is 0 Å². The molecule has 0 saturated heterocycles. The molecule has 2 heterocycles. The number of nitrogens with zero attached hydrogens (tertiary/aromatic N) is 1. The topological polar surface area (TPSA) is 81.4 Å². The molecule has 1 atom stereocenters. The number of carbonyl (C=O) groups is 2. The molecule has 0 unspecified atom stereocenters. The fourth-order valence-corrected chi connectivity index (χ4v) is 2.76. The van der Waals surface area contributed by atoms with Crippen LogP contribution in [0, 0.1) is 0 Å². The van der Waals surface area contributed by atoms with Crippen LogP contribution in [0.5, 0.6) is 0 Å². The van der Waals surface area contributed by atoms with Crippen molar-refractivity contribution in [2.75, 3.05) is 5.32 Å². The molecule has 0 radical (unpaired) electrons. The number of ether oxygens (including phenoxy) is 1. The Bertz CT molecular complexity index is 933. The van der Waals surface area contributed by atoms with E-state index in [4.69, 9.17) is 9.26 Å². The molecule has 0 fully saturated rings. The summed E-state index contributed by atoms with van der Waals surface area (Å²) in [6, 6.07) is 18.2. The van der Waals surface area contributed by atoms with Crippen molar-refractivity contribution in [1.29, 1.82) is 0 Å². The molecule has 1 amide bonds. The first kappa shape index (κ1) is 15.1. The van der Waals surface area contributed by atoms with E-state index in [0.717, 1.165) is 11.1 Å². The molecule has 6 nitrogen and oxygen atoms in total. The zero-order chi connectivity index (χ0) is 17.2. The van der Waals surface area contributed by atoms with Crippen LogP contribution >= 0.6 is 0 Å². The lowest BCUT2D eigenvalue weighted by molar-refractivity contribution is -0.125. The molecular formula is C19H14N2O4. The van der Waals surface area contributed by atoms with Crippen LogP contribution in [0.25, 0.3) is 11.3 Å². The SMILES string of the molecule is O=C1O[C@@H](C(=O)Nc2cc(-c3ccccc3)on2)Cc2ccccc21. The number of hydrogen-bond donors (Lipinski definition) is 1. The minimum Gasteiger partial charge on any atom is -0.448 e. The zero-order valence-corrected chi connectivity index (χ0v) is 13.1. The second kappa shape index (κ2) is 6.24. The Morgan fingerprint density at radius 2 is 1.84 bits per heavy atom. The van der Waals surface area contributed by atoms with Gasteiger partial charge in [-0.05, 0) is 11.6 Å². The molecule has 25 heavy (non-hydrogen) atoms. The Morgan fingerprint density at radius 1 is 1.08 bits per heavy atom. The van der Waals surface area contributed by atoms with Crippen molar-refractivity contribution in [2.45, 2.75) is 12.5 Å². The molecule has 0 saturated carbocycles. The number of aromatic nitrogens is 1. The van der Waals surface area contributed by atoms with Crippen molar-refractivity contribution in [3.05, 3.63) is 71.8 Å². The number of cyclic esters (lactones) is 1. The number of nitrogens with one attached hydrogen (secondary N) is 1. The number of benzene rings is 2. The maximum atomic E-state index is 12.4. The van der Waals surface area contributed by atoms with Crippen molar-refractivity contribution < 1.29 is 18.8 Å². The fourth-order valence-electron chi connectivity index (χ4n) is 2.76. The summed E-state index contributed by atoms with van der Waals surface area (Å²) in [6.45, 7) is 0. The highest BCUT2D eigenvalue weighted by atomic mass is 16.5. The van der Waals surface area contributed by atoms with Gasteiger partial charge in [0.05, 0.1) is 5.56 Å². The first-order valence-corrected chi connectivity index (χ1v) is 7.82. The Hall–Kier alpha value is -3.41. The smallest absolute Gasteiger partial charge is 0.339 e. The Kier molecular flexibility index (Phi) is 3.78. The van der Waals surface area contributed by atoms with Crippen LogP contribution in [0.1, 0.15) is 15.9 Å². The lowest BCUT2D eigenvalue weighted by atomic mass is 9.98. The van der Waals surface area contributed by atoms with Crippen molar-refractivity contribution in [1.82, 2.24) is 5.16 Å². The molecule has 4 rings (SSSR count). The van der Waals surface area contributed by atoms with Crippen LogP contribution in [0.2, 0.25) is 0 Å². The number of hydrogen-bond acceptors (Lipinski definition) is 5. The molecule has 6 heteroatoms. The normalized spacial score (nSPS) is 16.0. The third-order valence-electron chi connectivity index (χ3n) is 4.00. The van der Waals surface area contributed by atoms with E-state index in [0.29, 0.717) is 17.7 Å². The maximum Gasteiger partial charge on any atom is 0.339 e. The van der Waals surface area contributed by atoms with E-state index in [1.54, 1.807) is 18.2 Å². The van der Waals surface area contributed by atoms with E-state index >= 15 is 0 Å². The van der Waals surface area contributed by atoms with Crippen molar-refractivity contribution in [3.8, 4) is 11.3 Å². The third kappa shape index (κ3) is 3.01. The molecule has 0 spiro atoms. The first-order chi connectivity index (χ1) is 12.2. The zero-order valence-electron chi connectivity index (χ0n) is 13.1. The van der Waals surface area contributed by atoms with Crippen LogP contribution in [-0.2, 0) is 16.0 Å². The largest absolute Gasteiger partial charge is 0.448 e. The van der Waals surface area contributed by atoms with Crippen molar-refractivity contribution >= 4 is 17.7 Å². The van der Waals surface area contributed by atoms with Gasteiger partial charge in [0.25, 0.3) is 5.91 Å². The second-order valence-corrected chi connectivity index (χ2v) is 5.69. The van der Waals surface area contributed by atoms with Gasteiger partial charge in [0.2, 0.25) is 0 Å². The Balaban J connectivity index is 1.48. The average Bonchev–Trinajstić information content (AvgIpc) is 3.11. The Labute approximate surface area is 143 Å². The van der Waals surface area contributed by atoms with E-state index in [1.165, 1.54) is 0 Å². The summed E-state index contributed by atoms with van der Waals surface area (Å²) >= 11 is 0. The van der Waals surface area contributed by atoms with Crippen molar-refractivity contribution in [3.63, 3.8) is 0 Å². The van der Waals surface area contributed by atoms with Crippen LogP contribution < -0.4 is 5.32 Å². The number of anilines is 1. The first-order valence-electron chi connectivity index (χ1n) is 7.82. The highest BCUT2D eigenvalue weighted by Crippen LogP contribution is 2.24. The van der Waals surface area contributed by atoms with Crippen LogP contribution in [0.3, 0.4) is 0 Å². The second-order valence-electron chi connectivity index (χ2n) is 5.69. The predicted octanol–water partition coefficient (Wildman–Crippen LogP) is 3.06. The minimum absolute atomic E-state index is 0.277. The van der Waals surface area contributed by atoms with E-state index in [1.807, 2.05) is 42.5 Å². The van der Waals surface area contributed by atoms with Gasteiger partial charge in [-0.3, -0.25) is 4.79 Å². The van der Waals surface area contributed by atoms with Gasteiger partial charge in [0.15, 0.2) is 17.7 Å². The lowest BCUT2D eigenvalue weighted by Gasteiger charge is -2.23. The fraction of sp³-hybridized carbons (Fsp3) is 0.105. The van der Waals surface area contributed by atoms with Crippen LogP contribution in [-0.4, -0.2) is 23.1 Å². The predicted molar refractivity (Wildman–Crippen MR) is 89.9 cm³/mol. The molecule has 2 aromatic carbocycles. The molecule has 1 N–H and O–H groups in total. The molecule has 1 aliphatic heterocycles. The van der Waals surface area contributed by atoms with E-state index in [-0.39, 0.29) is 5.82 Å². The van der Waals surface area contributed by atoms with Crippen LogP contribution in [0.4, 0.5) is 5.82 Å². The van der Waals surface area contributed by atoms with Crippen LogP contribution in [0.15, 0.2) is 65.2 Å². The van der Waals surface area contributed by atoms with Gasteiger partial charge in [0, 0.05) is 18.1 Å². The summed E-state index contributed by atoms with van der Waals surface area (Å²) in [7, 11) is 0. The summed E-state index contributed by atoms with van der Waals surface area (Å²) in [4.78, 5) is 24.4. The monoisotopic (exact) mass is 334 g/mol. The van der Waals surface area contributed by atoms with E-state index in [2.05, 4.69) is 10.5 Å². The highest BCUT2D eigenvalue weighted by Gasteiger charge is 2.31. The molecule has 0 bridgehead atoms. The van der Waals surface area contributed by atoms with E-state index in [9.17, 15) is 9.59 Å².